The number of carbonyl (C=O) groups excluding carboxylic acids is 2. The number of amides is 1. The van der Waals surface area contributed by atoms with E-state index in [1.54, 1.807) is 24.0 Å². The molecular formula is C18H27NO4. The van der Waals surface area contributed by atoms with E-state index in [1.165, 1.54) is 5.56 Å². The summed E-state index contributed by atoms with van der Waals surface area (Å²) in [6.45, 7) is 8.82. The number of rotatable bonds is 8. The number of hydrogen-bond donors (Lipinski definition) is 0. The van der Waals surface area contributed by atoms with E-state index >= 15 is 0 Å². The van der Waals surface area contributed by atoms with Crippen molar-refractivity contribution >= 4 is 12.1 Å². The van der Waals surface area contributed by atoms with Crippen molar-refractivity contribution in [3.63, 3.8) is 0 Å². The van der Waals surface area contributed by atoms with Crippen molar-refractivity contribution in [2.24, 2.45) is 0 Å². The Morgan fingerprint density at radius 3 is 2.22 bits per heavy atom. The normalized spacial score (nSPS) is 11.7. The van der Waals surface area contributed by atoms with E-state index in [2.05, 4.69) is 6.92 Å². The fraction of sp³-hybridized carbons (Fsp3) is 0.556. The van der Waals surface area contributed by atoms with Crippen molar-refractivity contribution in [2.45, 2.75) is 46.6 Å². The van der Waals surface area contributed by atoms with Gasteiger partial charge >= 0.3 is 12.1 Å². The summed E-state index contributed by atoms with van der Waals surface area (Å²) < 4.78 is 10.4. The SMILES string of the molecule is CCCc1ccc(C(=O)OC(C)COC(=O)N(CC)CC)cc1. The van der Waals surface area contributed by atoms with Crippen molar-refractivity contribution in [3.8, 4) is 0 Å². The largest absolute Gasteiger partial charge is 0.455 e. The standard InChI is InChI=1S/C18H27NO4/c1-5-8-15-9-11-16(12-10-15)17(20)23-14(4)13-22-18(21)19(6-2)7-3/h9-12,14H,5-8,13H2,1-4H3. The predicted molar refractivity (Wildman–Crippen MR) is 89.6 cm³/mol. The molecule has 128 valence electrons. The highest BCUT2D eigenvalue weighted by molar-refractivity contribution is 5.89. The van der Waals surface area contributed by atoms with Crippen LogP contribution in [0.4, 0.5) is 4.79 Å². The van der Waals surface area contributed by atoms with Gasteiger partial charge in [0.1, 0.15) is 12.7 Å². The van der Waals surface area contributed by atoms with E-state index in [4.69, 9.17) is 9.47 Å². The highest BCUT2D eigenvalue weighted by atomic mass is 16.6. The highest BCUT2D eigenvalue weighted by Crippen LogP contribution is 2.09. The first-order chi connectivity index (χ1) is 11.0. The van der Waals surface area contributed by atoms with Crippen LogP contribution in [0.15, 0.2) is 24.3 Å². The summed E-state index contributed by atoms with van der Waals surface area (Å²) in [4.78, 5) is 25.3. The van der Waals surface area contributed by atoms with Crippen LogP contribution < -0.4 is 0 Å². The van der Waals surface area contributed by atoms with Gasteiger partial charge in [-0.25, -0.2) is 9.59 Å². The Hall–Kier alpha value is -2.04. The lowest BCUT2D eigenvalue weighted by atomic mass is 10.1. The smallest absolute Gasteiger partial charge is 0.409 e. The minimum atomic E-state index is -0.489. The molecule has 0 fully saturated rings. The van der Waals surface area contributed by atoms with Gasteiger partial charge in [-0.15, -0.1) is 0 Å². The van der Waals surface area contributed by atoms with E-state index in [0.29, 0.717) is 18.7 Å². The Morgan fingerprint density at radius 2 is 1.70 bits per heavy atom. The first-order valence-electron chi connectivity index (χ1n) is 8.23. The summed E-state index contributed by atoms with van der Waals surface area (Å²) in [7, 11) is 0. The van der Waals surface area contributed by atoms with E-state index in [1.807, 2.05) is 26.0 Å². The van der Waals surface area contributed by atoms with E-state index < -0.39 is 12.1 Å². The van der Waals surface area contributed by atoms with Gasteiger partial charge in [-0.2, -0.15) is 0 Å². The van der Waals surface area contributed by atoms with Crippen LogP contribution >= 0.6 is 0 Å². The molecule has 1 unspecified atom stereocenters. The molecule has 0 aromatic heterocycles. The molecule has 0 saturated heterocycles. The molecule has 1 amide bonds. The van der Waals surface area contributed by atoms with Crippen LogP contribution in [0.1, 0.15) is 50.0 Å². The Balaban J connectivity index is 2.45. The van der Waals surface area contributed by atoms with E-state index in [0.717, 1.165) is 12.8 Å². The second-order valence-electron chi connectivity index (χ2n) is 5.41. The van der Waals surface area contributed by atoms with Gasteiger partial charge in [0, 0.05) is 13.1 Å². The molecule has 1 rings (SSSR count). The molecule has 0 aliphatic rings. The third kappa shape index (κ3) is 6.30. The molecule has 0 spiro atoms. The third-order valence-corrected chi connectivity index (χ3v) is 3.50. The van der Waals surface area contributed by atoms with Gasteiger partial charge in [0.25, 0.3) is 0 Å². The summed E-state index contributed by atoms with van der Waals surface area (Å²) in [6, 6.07) is 7.40. The quantitative estimate of drug-likeness (QED) is 0.686. The Bertz CT molecular complexity index is 494. The first-order valence-corrected chi connectivity index (χ1v) is 8.23. The monoisotopic (exact) mass is 321 g/mol. The van der Waals surface area contributed by atoms with Crippen molar-refractivity contribution in [3.05, 3.63) is 35.4 Å². The molecule has 5 nitrogen and oxygen atoms in total. The Kier molecular flexibility index (Phi) is 8.16. The lowest BCUT2D eigenvalue weighted by molar-refractivity contribution is 0.0103. The number of aryl methyl sites for hydroxylation is 1. The van der Waals surface area contributed by atoms with Gasteiger partial charge in [-0.3, -0.25) is 0 Å². The Labute approximate surface area is 138 Å². The van der Waals surface area contributed by atoms with Crippen LogP contribution in [-0.4, -0.2) is 42.8 Å². The maximum absolute atomic E-state index is 12.0. The van der Waals surface area contributed by atoms with E-state index in [-0.39, 0.29) is 12.7 Å². The lowest BCUT2D eigenvalue weighted by Gasteiger charge is -2.20. The van der Waals surface area contributed by atoms with Gasteiger partial charge in [0.2, 0.25) is 0 Å². The zero-order valence-electron chi connectivity index (χ0n) is 14.5. The van der Waals surface area contributed by atoms with Gasteiger partial charge in [0.05, 0.1) is 5.56 Å². The second kappa shape index (κ2) is 9.87. The van der Waals surface area contributed by atoms with Crippen molar-refractivity contribution in [2.75, 3.05) is 19.7 Å². The minimum absolute atomic E-state index is 0.0506. The predicted octanol–water partition coefficient (Wildman–Crippen LogP) is 3.66. The topological polar surface area (TPSA) is 55.8 Å². The van der Waals surface area contributed by atoms with Crippen LogP contribution in [0.5, 0.6) is 0 Å². The summed E-state index contributed by atoms with van der Waals surface area (Å²) in [6.07, 6.45) is 1.19. The molecule has 23 heavy (non-hydrogen) atoms. The average Bonchev–Trinajstić information content (AvgIpc) is 2.55. The molecule has 0 bridgehead atoms. The summed E-state index contributed by atoms with van der Waals surface area (Å²) in [5.74, 6) is -0.403. The van der Waals surface area contributed by atoms with Crippen LogP contribution in [-0.2, 0) is 15.9 Å². The lowest BCUT2D eigenvalue weighted by Crippen LogP contribution is -2.33. The third-order valence-electron chi connectivity index (χ3n) is 3.50. The fourth-order valence-corrected chi connectivity index (χ4v) is 2.14. The van der Waals surface area contributed by atoms with Gasteiger partial charge in [-0.1, -0.05) is 25.5 Å². The number of ether oxygens (including phenoxy) is 2. The first kappa shape index (κ1) is 19.0. The van der Waals surface area contributed by atoms with Crippen molar-refractivity contribution in [1.29, 1.82) is 0 Å². The van der Waals surface area contributed by atoms with Crippen molar-refractivity contribution < 1.29 is 19.1 Å². The van der Waals surface area contributed by atoms with Gasteiger partial charge in [-0.05, 0) is 44.9 Å². The number of nitrogens with zero attached hydrogens (tertiary/aromatic N) is 1. The zero-order chi connectivity index (χ0) is 17.2. The van der Waals surface area contributed by atoms with Gasteiger partial charge < -0.3 is 14.4 Å². The fourth-order valence-electron chi connectivity index (χ4n) is 2.14. The van der Waals surface area contributed by atoms with E-state index in [9.17, 15) is 9.59 Å². The number of esters is 1. The molecule has 1 aromatic carbocycles. The molecule has 0 saturated carbocycles. The van der Waals surface area contributed by atoms with Gasteiger partial charge in [0.15, 0.2) is 0 Å². The summed E-state index contributed by atoms with van der Waals surface area (Å²) in [5, 5.41) is 0. The molecule has 1 aromatic rings. The summed E-state index contributed by atoms with van der Waals surface area (Å²) >= 11 is 0. The maximum atomic E-state index is 12.0. The van der Waals surface area contributed by atoms with Crippen LogP contribution in [0.3, 0.4) is 0 Å². The average molecular weight is 321 g/mol. The van der Waals surface area contributed by atoms with Crippen LogP contribution in [0.25, 0.3) is 0 Å². The zero-order valence-corrected chi connectivity index (χ0v) is 14.5. The maximum Gasteiger partial charge on any atom is 0.409 e. The number of hydrogen-bond acceptors (Lipinski definition) is 4. The van der Waals surface area contributed by atoms with Crippen LogP contribution in [0.2, 0.25) is 0 Å². The molecule has 0 heterocycles. The van der Waals surface area contributed by atoms with Crippen LogP contribution in [0, 0.1) is 0 Å². The molecule has 0 aliphatic heterocycles. The number of benzene rings is 1. The Morgan fingerprint density at radius 1 is 1.09 bits per heavy atom. The minimum Gasteiger partial charge on any atom is -0.455 e. The molecular weight excluding hydrogens is 294 g/mol. The second-order valence-corrected chi connectivity index (χ2v) is 5.41. The molecule has 0 radical (unpaired) electrons. The highest BCUT2D eigenvalue weighted by Gasteiger charge is 2.16. The molecule has 5 heteroatoms. The number of carbonyl (C=O) groups is 2. The summed E-state index contributed by atoms with van der Waals surface area (Å²) in [5.41, 5.74) is 1.71. The molecule has 0 N–H and O–H groups in total. The molecule has 1 atom stereocenters. The van der Waals surface area contributed by atoms with Crippen molar-refractivity contribution in [1.82, 2.24) is 4.90 Å². The molecule has 0 aliphatic carbocycles.